The first-order valence-electron chi connectivity index (χ1n) is 8.77. The molecule has 1 aliphatic carbocycles. The maximum absolute atomic E-state index is 13.6. The second kappa shape index (κ2) is 6.54. The van der Waals surface area contributed by atoms with E-state index in [1.165, 1.54) is 31.4 Å². The highest BCUT2D eigenvalue weighted by molar-refractivity contribution is 5.73. The van der Waals surface area contributed by atoms with Gasteiger partial charge in [0.25, 0.3) is 5.69 Å². The highest BCUT2D eigenvalue weighted by atomic mass is 19.4. The van der Waals surface area contributed by atoms with E-state index in [0.717, 1.165) is 6.07 Å². The smallest absolute Gasteiger partial charge is 0.416 e. The van der Waals surface area contributed by atoms with Crippen LogP contribution in [-0.4, -0.2) is 12.0 Å². The molecule has 0 saturated heterocycles. The number of nitrogens with one attached hydrogen (secondary N) is 1. The van der Waals surface area contributed by atoms with Gasteiger partial charge in [-0.2, -0.15) is 13.2 Å². The van der Waals surface area contributed by atoms with Gasteiger partial charge in [0.2, 0.25) is 0 Å². The van der Waals surface area contributed by atoms with E-state index in [9.17, 15) is 23.3 Å². The van der Waals surface area contributed by atoms with Crippen LogP contribution < -0.4 is 10.1 Å². The highest BCUT2D eigenvalue weighted by Gasteiger charge is 2.45. The van der Waals surface area contributed by atoms with E-state index in [0.29, 0.717) is 23.4 Å². The molecule has 5 nitrogen and oxygen atoms in total. The predicted octanol–water partition coefficient (Wildman–Crippen LogP) is 5.45. The molecule has 3 atom stereocenters. The Morgan fingerprint density at radius 2 is 1.96 bits per heavy atom. The average molecular weight is 390 g/mol. The number of allylic oxidation sites excluding steroid dienone is 2. The van der Waals surface area contributed by atoms with Crippen LogP contribution in [0.2, 0.25) is 0 Å². The van der Waals surface area contributed by atoms with E-state index >= 15 is 0 Å². The van der Waals surface area contributed by atoms with Gasteiger partial charge >= 0.3 is 6.18 Å². The largest absolute Gasteiger partial charge is 0.495 e. The van der Waals surface area contributed by atoms with Gasteiger partial charge in [-0.3, -0.25) is 10.1 Å². The standard InChI is InChI=1S/C20H17F3N2O3/c1-28-16-10-9-15(25(26)27)17-11-6-4-7-12(11)18(24-19(16)17)13-5-2-3-8-14(13)20(21,22)23/h2-6,8-12,18,24H,7H2,1H3/t11-,12-,18+/m1/s1. The highest BCUT2D eigenvalue weighted by Crippen LogP contribution is 2.55. The van der Waals surface area contributed by atoms with Crippen LogP contribution in [0.5, 0.6) is 5.75 Å². The fourth-order valence-corrected chi connectivity index (χ4v) is 4.33. The van der Waals surface area contributed by atoms with Gasteiger partial charge in [-0.1, -0.05) is 30.4 Å². The number of hydrogen-bond donors (Lipinski definition) is 1. The Morgan fingerprint density at radius 1 is 1.21 bits per heavy atom. The number of hydrogen-bond acceptors (Lipinski definition) is 4. The lowest BCUT2D eigenvalue weighted by Crippen LogP contribution is -2.31. The maximum Gasteiger partial charge on any atom is 0.416 e. The lowest BCUT2D eigenvalue weighted by molar-refractivity contribution is -0.385. The summed E-state index contributed by atoms with van der Waals surface area (Å²) in [5.74, 6) is -0.256. The monoisotopic (exact) mass is 390 g/mol. The fourth-order valence-electron chi connectivity index (χ4n) is 4.33. The SMILES string of the molecule is COc1ccc([N+](=O)[O-])c2c1N[C@H](c1ccccc1C(F)(F)F)[C@@H]1CC=C[C@@H]21. The molecule has 2 aromatic carbocycles. The number of rotatable bonds is 3. The molecule has 0 unspecified atom stereocenters. The molecule has 2 aliphatic rings. The number of halogens is 3. The van der Waals surface area contributed by atoms with E-state index in [1.807, 2.05) is 12.2 Å². The average Bonchev–Trinajstić information content (AvgIpc) is 3.15. The van der Waals surface area contributed by atoms with Gasteiger partial charge in [0, 0.05) is 12.0 Å². The Bertz CT molecular complexity index is 972. The molecule has 0 radical (unpaired) electrons. The third-order valence-electron chi connectivity index (χ3n) is 5.48. The van der Waals surface area contributed by atoms with Gasteiger partial charge in [-0.15, -0.1) is 0 Å². The van der Waals surface area contributed by atoms with Crippen LogP contribution in [0.1, 0.15) is 35.1 Å². The first kappa shape index (κ1) is 18.3. The van der Waals surface area contributed by atoms with E-state index in [4.69, 9.17) is 4.74 Å². The second-order valence-electron chi connectivity index (χ2n) is 6.89. The molecule has 8 heteroatoms. The molecule has 1 heterocycles. The molecule has 146 valence electrons. The van der Waals surface area contributed by atoms with Crippen LogP contribution in [0, 0.1) is 16.0 Å². The number of benzene rings is 2. The van der Waals surface area contributed by atoms with Crippen molar-refractivity contribution in [3.8, 4) is 5.75 Å². The van der Waals surface area contributed by atoms with Crippen molar-refractivity contribution < 1.29 is 22.8 Å². The minimum absolute atomic E-state index is 0.0626. The van der Waals surface area contributed by atoms with E-state index in [2.05, 4.69) is 5.32 Å². The van der Waals surface area contributed by atoms with Crippen LogP contribution in [0.4, 0.5) is 24.5 Å². The number of nitro groups is 1. The van der Waals surface area contributed by atoms with E-state index in [1.54, 1.807) is 6.07 Å². The van der Waals surface area contributed by atoms with Gasteiger partial charge in [0.15, 0.2) is 0 Å². The molecule has 0 fully saturated rings. The van der Waals surface area contributed by atoms with Gasteiger partial charge in [0.05, 0.1) is 34.9 Å². The van der Waals surface area contributed by atoms with Crippen molar-refractivity contribution in [2.24, 2.45) is 5.92 Å². The zero-order valence-electron chi connectivity index (χ0n) is 14.9. The van der Waals surface area contributed by atoms with Crippen LogP contribution >= 0.6 is 0 Å². The molecule has 0 amide bonds. The zero-order chi connectivity index (χ0) is 20.1. The molecular weight excluding hydrogens is 373 g/mol. The Balaban J connectivity index is 1.91. The molecular formula is C20H17F3N2O3. The summed E-state index contributed by atoms with van der Waals surface area (Å²) < 4.78 is 46.1. The summed E-state index contributed by atoms with van der Waals surface area (Å²) in [5, 5.41) is 14.7. The summed E-state index contributed by atoms with van der Waals surface area (Å²) in [7, 11) is 1.43. The summed E-state index contributed by atoms with van der Waals surface area (Å²) in [4.78, 5) is 11.1. The Labute approximate surface area is 159 Å². The third-order valence-corrected chi connectivity index (χ3v) is 5.48. The first-order valence-corrected chi connectivity index (χ1v) is 8.77. The number of alkyl halides is 3. The summed E-state index contributed by atoms with van der Waals surface area (Å²) in [5.41, 5.74) is 0.210. The summed E-state index contributed by atoms with van der Waals surface area (Å²) in [6.07, 6.45) is -0.242. The minimum atomic E-state index is -4.49. The van der Waals surface area contributed by atoms with Gasteiger partial charge in [0.1, 0.15) is 5.75 Å². The minimum Gasteiger partial charge on any atom is -0.495 e. The van der Waals surface area contributed by atoms with Crippen molar-refractivity contribution in [3.63, 3.8) is 0 Å². The normalized spacial score (nSPS) is 22.9. The molecule has 4 rings (SSSR count). The molecule has 1 aliphatic heterocycles. The molecule has 0 bridgehead atoms. The Kier molecular flexibility index (Phi) is 4.28. The number of nitrogens with zero attached hydrogens (tertiary/aromatic N) is 1. The maximum atomic E-state index is 13.6. The predicted molar refractivity (Wildman–Crippen MR) is 97.4 cm³/mol. The molecule has 1 N–H and O–H groups in total. The number of anilines is 1. The quantitative estimate of drug-likeness (QED) is 0.430. The number of fused-ring (bicyclic) bond motifs is 3. The fraction of sp³-hybridized carbons (Fsp3) is 0.300. The van der Waals surface area contributed by atoms with Gasteiger partial charge < -0.3 is 10.1 Å². The molecule has 2 aromatic rings. The third kappa shape index (κ3) is 2.80. The zero-order valence-corrected chi connectivity index (χ0v) is 14.9. The van der Waals surface area contributed by atoms with Crippen molar-refractivity contribution in [2.75, 3.05) is 12.4 Å². The molecule has 0 aromatic heterocycles. The topological polar surface area (TPSA) is 64.4 Å². The summed E-state index contributed by atoms with van der Waals surface area (Å²) >= 11 is 0. The molecule has 0 saturated carbocycles. The lowest BCUT2D eigenvalue weighted by atomic mass is 9.75. The van der Waals surface area contributed by atoms with Crippen LogP contribution in [-0.2, 0) is 6.18 Å². The van der Waals surface area contributed by atoms with E-state index in [-0.39, 0.29) is 23.1 Å². The summed E-state index contributed by atoms with van der Waals surface area (Å²) in [6, 6.07) is 7.66. The van der Waals surface area contributed by atoms with Crippen LogP contribution in [0.15, 0.2) is 48.6 Å². The van der Waals surface area contributed by atoms with Crippen LogP contribution in [0.25, 0.3) is 0 Å². The molecule has 28 heavy (non-hydrogen) atoms. The Morgan fingerprint density at radius 3 is 2.64 bits per heavy atom. The van der Waals surface area contributed by atoms with Crippen LogP contribution in [0.3, 0.4) is 0 Å². The van der Waals surface area contributed by atoms with Crippen molar-refractivity contribution in [1.82, 2.24) is 0 Å². The van der Waals surface area contributed by atoms with Gasteiger partial charge in [-0.05, 0) is 30.0 Å². The molecule has 0 spiro atoms. The lowest BCUT2D eigenvalue weighted by Gasteiger charge is -2.38. The van der Waals surface area contributed by atoms with Gasteiger partial charge in [-0.25, -0.2) is 0 Å². The van der Waals surface area contributed by atoms with E-state index < -0.39 is 22.7 Å². The number of methoxy groups -OCH3 is 1. The van der Waals surface area contributed by atoms with Crippen molar-refractivity contribution in [2.45, 2.75) is 24.6 Å². The van der Waals surface area contributed by atoms with Crippen molar-refractivity contribution >= 4 is 11.4 Å². The summed E-state index contributed by atoms with van der Waals surface area (Å²) in [6.45, 7) is 0. The van der Waals surface area contributed by atoms with Crippen molar-refractivity contribution in [1.29, 1.82) is 0 Å². The van der Waals surface area contributed by atoms with Crippen molar-refractivity contribution in [3.05, 3.63) is 75.4 Å². The number of ether oxygens (including phenoxy) is 1. The number of nitro benzene ring substituents is 1. The first-order chi connectivity index (χ1) is 13.3. The Hall–Kier alpha value is -3.03. The second-order valence-corrected chi connectivity index (χ2v) is 6.89.